The highest BCUT2D eigenvalue weighted by atomic mass is 16.5. The minimum absolute atomic E-state index is 0.454. The summed E-state index contributed by atoms with van der Waals surface area (Å²) in [5.74, 6) is 1.86. The van der Waals surface area contributed by atoms with Crippen LogP contribution in [0.2, 0.25) is 0 Å². The van der Waals surface area contributed by atoms with E-state index in [1.807, 2.05) is 18.2 Å². The van der Waals surface area contributed by atoms with Gasteiger partial charge in [-0.3, -0.25) is 4.99 Å². The van der Waals surface area contributed by atoms with Crippen molar-refractivity contribution in [1.29, 1.82) is 0 Å². The van der Waals surface area contributed by atoms with Crippen molar-refractivity contribution < 1.29 is 4.52 Å². The van der Waals surface area contributed by atoms with E-state index in [1.54, 1.807) is 14.0 Å². The second-order valence-corrected chi connectivity index (χ2v) is 4.00. The molecule has 2 rings (SSSR count). The van der Waals surface area contributed by atoms with Crippen molar-refractivity contribution in [3.05, 3.63) is 47.6 Å². The number of aromatic nitrogens is 2. The van der Waals surface area contributed by atoms with Crippen LogP contribution in [0.1, 0.15) is 17.3 Å². The van der Waals surface area contributed by atoms with Gasteiger partial charge in [-0.15, -0.1) is 0 Å². The molecule has 0 unspecified atom stereocenters. The number of nitrogens with one attached hydrogen (secondary N) is 2. The van der Waals surface area contributed by atoms with Crippen molar-refractivity contribution in [2.24, 2.45) is 4.99 Å². The van der Waals surface area contributed by atoms with E-state index >= 15 is 0 Å². The van der Waals surface area contributed by atoms with Gasteiger partial charge >= 0.3 is 0 Å². The Morgan fingerprint density at radius 1 is 1.21 bits per heavy atom. The number of hydrogen-bond acceptors (Lipinski definition) is 4. The van der Waals surface area contributed by atoms with Crippen LogP contribution in [-0.2, 0) is 13.1 Å². The SMILES string of the molecule is CN=C(NCc1ccccc1)NCc1nc(C)no1. The first kappa shape index (κ1) is 13.1. The Bertz CT molecular complexity index is 535. The highest BCUT2D eigenvalue weighted by Crippen LogP contribution is 1.97. The molecule has 2 N–H and O–H groups in total. The molecular formula is C13H17N5O. The zero-order valence-electron chi connectivity index (χ0n) is 11.1. The van der Waals surface area contributed by atoms with E-state index in [0.29, 0.717) is 30.8 Å². The molecule has 0 saturated heterocycles. The van der Waals surface area contributed by atoms with E-state index in [0.717, 1.165) is 0 Å². The highest BCUT2D eigenvalue weighted by Gasteiger charge is 2.03. The molecule has 6 heteroatoms. The summed E-state index contributed by atoms with van der Waals surface area (Å²) < 4.78 is 5.02. The average molecular weight is 259 g/mol. The van der Waals surface area contributed by atoms with Crippen LogP contribution in [0.15, 0.2) is 39.8 Å². The number of benzene rings is 1. The number of hydrogen-bond donors (Lipinski definition) is 2. The summed E-state index contributed by atoms with van der Waals surface area (Å²) >= 11 is 0. The fourth-order valence-electron chi connectivity index (χ4n) is 1.57. The van der Waals surface area contributed by atoms with E-state index in [1.165, 1.54) is 5.56 Å². The summed E-state index contributed by atoms with van der Waals surface area (Å²) in [7, 11) is 1.72. The predicted molar refractivity (Wildman–Crippen MR) is 72.5 cm³/mol. The second-order valence-electron chi connectivity index (χ2n) is 4.00. The fraction of sp³-hybridized carbons (Fsp3) is 0.308. The van der Waals surface area contributed by atoms with Crippen LogP contribution >= 0.6 is 0 Å². The van der Waals surface area contributed by atoms with Crippen molar-refractivity contribution in [3.63, 3.8) is 0 Å². The normalized spacial score (nSPS) is 11.4. The van der Waals surface area contributed by atoms with Crippen molar-refractivity contribution in [2.45, 2.75) is 20.0 Å². The van der Waals surface area contributed by atoms with Crippen LogP contribution in [0.4, 0.5) is 0 Å². The summed E-state index contributed by atoms with van der Waals surface area (Å²) in [4.78, 5) is 8.24. The first-order valence-corrected chi connectivity index (χ1v) is 6.05. The molecular weight excluding hydrogens is 242 g/mol. The van der Waals surface area contributed by atoms with Crippen LogP contribution in [-0.4, -0.2) is 23.1 Å². The van der Waals surface area contributed by atoms with Crippen LogP contribution in [0.3, 0.4) is 0 Å². The molecule has 0 radical (unpaired) electrons. The molecule has 2 aromatic rings. The molecule has 0 atom stereocenters. The van der Waals surface area contributed by atoms with E-state index in [4.69, 9.17) is 4.52 Å². The summed E-state index contributed by atoms with van der Waals surface area (Å²) in [5, 5.41) is 10.1. The molecule has 1 aromatic heterocycles. The van der Waals surface area contributed by atoms with E-state index in [-0.39, 0.29) is 0 Å². The smallest absolute Gasteiger partial charge is 0.246 e. The maximum absolute atomic E-state index is 5.02. The van der Waals surface area contributed by atoms with Crippen LogP contribution < -0.4 is 10.6 Å². The third kappa shape index (κ3) is 4.09. The standard InChI is InChI=1S/C13H17N5O/c1-10-17-12(19-18-10)9-16-13(14-2)15-8-11-6-4-3-5-7-11/h3-7H,8-9H2,1-2H3,(H2,14,15,16). The molecule has 6 nitrogen and oxygen atoms in total. The number of aliphatic imine (C=N–C) groups is 1. The van der Waals surface area contributed by atoms with Gasteiger partial charge in [-0.05, 0) is 12.5 Å². The molecule has 0 aliphatic heterocycles. The fourth-order valence-corrected chi connectivity index (χ4v) is 1.57. The maximum atomic E-state index is 5.02. The first-order valence-electron chi connectivity index (χ1n) is 6.05. The Kier molecular flexibility index (Phi) is 4.49. The van der Waals surface area contributed by atoms with Gasteiger partial charge in [0.05, 0.1) is 6.54 Å². The minimum Gasteiger partial charge on any atom is -0.352 e. The lowest BCUT2D eigenvalue weighted by Crippen LogP contribution is -2.36. The van der Waals surface area contributed by atoms with Gasteiger partial charge in [0, 0.05) is 13.6 Å². The summed E-state index contributed by atoms with van der Waals surface area (Å²) in [5.41, 5.74) is 1.19. The zero-order chi connectivity index (χ0) is 13.5. The Morgan fingerprint density at radius 2 is 1.95 bits per heavy atom. The van der Waals surface area contributed by atoms with E-state index in [9.17, 15) is 0 Å². The van der Waals surface area contributed by atoms with Crippen LogP contribution in [0.5, 0.6) is 0 Å². The quantitative estimate of drug-likeness (QED) is 0.638. The second kappa shape index (κ2) is 6.53. The Labute approximate surface area is 111 Å². The van der Waals surface area contributed by atoms with Gasteiger partial charge in [0.2, 0.25) is 5.89 Å². The predicted octanol–water partition coefficient (Wildman–Crippen LogP) is 1.24. The summed E-state index contributed by atoms with van der Waals surface area (Å²) in [6.45, 7) is 2.95. The summed E-state index contributed by atoms with van der Waals surface area (Å²) in [6, 6.07) is 10.1. The van der Waals surface area contributed by atoms with Gasteiger partial charge in [-0.2, -0.15) is 4.98 Å². The monoisotopic (exact) mass is 259 g/mol. The van der Waals surface area contributed by atoms with Crippen molar-refractivity contribution in [1.82, 2.24) is 20.8 Å². The number of nitrogens with zero attached hydrogens (tertiary/aromatic N) is 3. The average Bonchev–Trinajstić information content (AvgIpc) is 2.86. The molecule has 0 fully saturated rings. The van der Waals surface area contributed by atoms with Crippen LogP contribution in [0, 0.1) is 6.92 Å². The molecule has 0 aliphatic carbocycles. The van der Waals surface area contributed by atoms with Crippen molar-refractivity contribution in [2.75, 3.05) is 7.05 Å². The van der Waals surface area contributed by atoms with Crippen molar-refractivity contribution >= 4 is 5.96 Å². The van der Waals surface area contributed by atoms with E-state index < -0.39 is 0 Å². The Morgan fingerprint density at radius 3 is 2.58 bits per heavy atom. The topological polar surface area (TPSA) is 75.3 Å². The molecule has 100 valence electrons. The van der Waals surface area contributed by atoms with Gasteiger partial charge in [-0.1, -0.05) is 35.5 Å². The van der Waals surface area contributed by atoms with Crippen LogP contribution in [0.25, 0.3) is 0 Å². The van der Waals surface area contributed by atoms with Crippen molar-refractivity contribution in [3.8, 4) is 0 Å². The molecule has 0 spiro atoms. The zero-order valence-corrected chi connectivity index (χ0v) is 11.1. The molecule has 1 aromatic carbocycles. The van der Waals surface area contributed by atoms with Gasteiger partial charge in [-0.25, -0.2) is 0 Å². The number of aryl methyl sites for hydroxylation is 1. The lowest BCUT2D eigenvalue weighted by molar-refractivity contribution is 0.371. The number of guanidine groups is 1. The lowest BCUT2D eigenvalue weighted by Gasteiger charge is -2.10. The Hall–Kier alpha value is -2.37. The molecule has 0 aliphatic rings. The van der Waals surface area contributed by atoms with Gasteiger partial charge in [0.15, 0.2) is 11.8 Å². The number of rotatable bonds is 4. The van der Waals surface area contributed by atoms with E-state index in [2.05, 4.69) is 37.9 Å². The molecule has 1 heterocycles. The molecule has 0 bridgehead atoms. The maximum Gasteiger partial charge on any atom is 0.246 e. The third-order valence-electron chi connectivity index (χ3n) is 2.50. The van der Waals surface area contributed by atoms with Gasteiger partial charge in [0.25, 0.3) is 0 Å². The highest BCUT2D eigenvalue weighted by molar-refractivity contribution is 5.79. The summed E-state index contributed by atoms with van der Waals surface area (Å²) in [6.07, 6.45) is 0. The largest absolute Gasteiger partial charge is 0.352 e. The first-order chi connectivity index (χ1) is 9.28. The molecule has 19 heavy (non-hydrogen) atoms. The van der Waals surface area contributed by atoms with Gasteiger partial charge < -0.3 is 15.2 Å². The lowest BCUT2D eigenvalue weighted by atomic mass is 10.2. The minimum atomic E-state index is 0.454. The molecule has 0 amide bonds. The Balaban J connectivity index is 1.81. The van der Waals surface area contributed by atoms with Gasteiger partial charge in [0.1, 0.15) is 0 Å². The third-order valence-corrected chi connectivity index (χ3v) is 2.50. The molecule has 0 saturated carbocycles.